The molecule has 1 atom stereocenters. The van der Waals surface area contributed by atoms with Crippen molar-refractivity contribution in [3.8, 4) is 0 Å². The van der Waals surface area contributed by atoms with Crippen LogP contribution in [0.1, 0.15) is 24.4 Å². The fourth-order valence-electron chi connectivity index (χ4n) is 2.13. The number of piperidine rings is 1. The van der Waals surface area contributed by atoms with E-state index in [2.05, 4.69) is 4.90 Å². The van der Waals surface area contributed by atoms with E-state index in [0.29, 0.717) is 30.6 Å². The smallest absolute Gasteiger partial charge is 0.284 e. The van der Waals surface area contributed by atoms with Gasteiger partial charge in [0, 0.05) is 6.54 Å². The second-order valence-corrected chi connectivity index (χ2v) is 5.45. The van der Waals surface area contributed by atoms with Crippen LogP contribution in [-0.4, -0.2) is 35.0 Å². The van der Waals surface area contributed by atoms with Gasteiger partial charge in [0.25, 0.3) is 5.76 Å². The predicted molar refractivity (Wildman–Crippen MR) is 66.5 cm³/mol. The Bertz CT molecular complexity index is 373. The standard InChI is InChI=1S/C12H17F2NO2S/c13-12(14)18-8-11-4-3-10(17-11)7-15-5-1-2-9(16)6-15/h3-4,9,12,16H,1-2,5-8H2. The minimum atomic E-state index is -2.37. The number of likely N-dealkylation sites (tertiary alicyclic amines) is 1. The van der Waals surface area contributed by atoms with Gasteiger partial charge in [0.1, 0.15) is 11.5 Å². The molecular formula is C12H17F2NO2S. The Kier molecular flexibility index (Phi) is 5.03. The lowest BCUT2D eigenvalue weighted by molar-refractivity contribution is 0.0632. The molecule has 1 fully saturated rings. The molecule has 1 aromatic rings. The van der Waals surface area contributed by atoms with Crippen LogP contribution in [0.2, 0.25) is 0 Å². The maximum atomic E-state index is 12.0. The van der Waals surface area contributed by atoms with Gasteiger partial charge in [-0.05, 0) is 31.5 Å². The Morgan fingerprint density at radius 1 is 1.44 bits per heavy atom. The van der Waals surface area contributed by atoms with Gasteiger partial charge in [0.15, 0.2) is 0 Å². The van der Waals surface area contributed by atoms with E-state index < -0.39 is 5.76 Å². The molecule has 2 rings (SSSR count). The number of alkyl halides is 2. The molecule has 0 saturated carbocycles. The summed E-state index contributed by atoms with van der Waals surface area (Å²) in [6.07, 6.45) is 1.57. The molecule has 1 unspecified atom stereocenters. The number of furan rings is 1. The second-order valence-electron chi connectivity index (χ2n) is 4.47. The molecule has 0 radical (unpaired) electrons. The molecule has 6 heteroatoms. The van der Waals surface area contributed by atoms with Gasteiger partial charge in [-0.2, -0.15) is 8.78 Å². The van der Waals surface area contributed by atoms with E-state index in [9.17, 15) is 13.9 Å². The number of hydrogen-bond donors (Lipinski definition) is 1. The zero-order chi connectivity index (χ0) is 13.0. The molecule has 0 spiro atoms. The normalized spacial score (nSPS) is 21.7. The molecule has 0 aromatic carbocycles. The first-order valence-corrected chi connectivity index (χ1v) is 7.06. The van der Waals surface area contributed by atoms with Gasteiger partial charge >= 0.3 is 0 Å². The summed E-state index contributed by atoms with van der Waals surface area (Å²) in [5, 5.41) is 9.55. The summed E-state index contributed by atoms with van der Waals surface area (Å²) < 4.78 is 29.6. The van der Waals surface area contributed by atoms with E-state index in [4.69, 9.17) is 4.42 Å². The number of hydrogen-bond acceptors (Lipinski definition) is 4. The van der Waals surface area contributed by atoms with Gasteiger partial charge in [-0.3, -0.25) is 4.90 Å². The van der Waals surface area contributed by atoms with Crippen molar-refractivity contribution < 1.29 is 18.3 Å². The minimum Gasteiger partial charge on any atom is -0.464 e. The summed E-state index contributed by atoms with van der Waals surface area (Å²) in [5.74, 6) is -0.821. The summed E-state index contributed by atoms with van der Waals surface area (Å²) in [6, 6.07) is 3.56. The van der Waals surface area contributed by atoms with Crippen molar-refractivity contribution >= 4 is 11.8 Å². The molecule has 1 aliphatic heterocycles. The summed E-state index contributed by atoms with van der Waals surface area (Å²) >= 11 is 0.563. The summed E-state index contributed by atoms with van der Waals surface area (Å²) in [4.78, 5) is 2.12. The zero-order valence-electron chi connectivity index (χ0n) is 10.0. The van der Waals surface area contributed by atoms with Gasteiger partial charge < -0.3 is 9.52 Å². The SMILES string of the molecule is OC1CCCN(Cc2ccc(CSC(F)F)o2)C1. The highest BCUT2D eigenvalue weighted by Crippen LogP contribution is 2.22. The lowest BCUT2D eigenvalue weighted by atomic mass is 10.1. The Labute approximate surface area is 109 Å². The molecule has 1 N–H and O–H groups in total. The van der Waals surface area contributed by atoms with Crippen LogP contribution in [0.3, 0.4) is 0 Å². The van der Waals surface area contributed by atoms with Gasteiger partial charge in [-0.15, -0.1) is 0 Å². The average Bonchev–Trinajstić information content (AvgIpc) is 2.74. The number of halogens is 2. The van der Waals surface area contributed by atoms with E-state index in [1.165, 1.54) is 0 Å². The first-order valence-electron chi connectivity index (χ1n) is 6.01. The fourth-order valence-corrected chi connectivity index (χ4v) is 2.57. The third-order valence-corrected chi connectivity index (χ3v) is 3.63. The molecule has 1 saturated heterocycles. The van der Waals surface area contributed by atoms with Crippen LogP contribution in [-0.2, 0) is 12.3 Å². The number of aliphatic hydroxyl groups excluding tert-OH is 1. The predicted octanol–water partition coefficient (Wildman–Crippen LogP) is 2.69. The van der Waals surface area contributed by atoms with Crippen LogP contribution in [0, 0.1) is 0 Å². The van der Waals surface area contributed by atoms with Gasteiger partial charge in [-0.1, -0.05) is 11.8 Å². The Morgan fingerprint density at radius 3 is 2.94 bits per heavy atom. The number of nitrogens with zero attached hydrogens (tertiary/aromatic N) is 1. The highest BCUT2D eigenvalue weighted by atomic mass is 32.2. The minimum absolute atomic E-state index is 0.195. The molecule has 18 heavy (non-hydrogen) atoms. The monoisotopic (exact) mass is 277 g/mol. The van der Waals surface area contributed by atoms with E-state index >= 15 is 0 Å². The van der Waals surface area contributed by atoms with Gasteiger partial charge in [0.05, 0.1) is 18.4 Å². The molecular weight excluding hydrogens is 260 g/mol. The van der Waals surface area contributed by atoms with Crippen LogP contribution in [0.25, 0.3) is 0 Å². The largest absolute Gasteiger partial charge is 0.464 e. The van der Waals surface area contributed by atoms with Crippen molar-refractivity contribution in [3.05, 3.63) is 23.7 Å². The van der Waals surface area contributed by atoms with E-state index in [-0.39, 0.29) is 11.9 Å². The van der Waals surface area contributed by atoms with E-state index in [0.717, 1.165) is 25.1 Å². The van der Waals surface area contributed by atoms with Crippen LogP contribution >= 0.6 is 11.8 Å². The topological polar surface area (TPSA) is 36.6 Å². The fraction of sp³-hybridized carbons (Fsp3) is 0.667. The quantitative estimate of drug-likeness (QED) is 0.898. The maximum absolute atomic E-state index is 12.0. The zero-order valence-corrected chi connectivity index (χ0v) is 10.8. The molecule has 1 aromatic heterocycles. The van der Waals surface area contributed by atoms with Crippen molar-refractivity contribution in [2.24, 2.45) is 0 Å². The molecule has 1 aliphatic rings. The Balaban J connectivity index is 1.82. The van der Waals surface area contributed by atoms with Crippen molar-refractivity contribution in [2.45, 2.75) is 37.0 Å². The first kappa shape index (κ1) is 13.8. The average molecular weight is 277 g/mol. The first-order chi connectivity index (χ1) is 8.63. The number of aliphatic hydroxyl groups is 1. The highest BCUT2D eigenvalue weighted by Gasteiger charge is 2.18. The molecule has 102 valence electrons. The molecule has 3 nitrogen and oxygen atoms in total. The van der Waals surface area contributed by atoms with Crippen molar-refractivity contribution in [1.82, 2.24) is 4.90 Å². The number of β-amino-alcohol motifs (C(OH)–C–C–N with tert-alkyl or cyclic N) is 1. The maximum Gasteiger partial charge on any atom is 0.284 e. The van der Waals surface area contributed by atoms with Crippen LogP contribution < -0.4 is 0 Å². The Morgan fingerprint density at radius 2 is 2.22 bits per heavy atom. The highest BCUT2D eigenvalue weighted by molar-refractivity contribution is 7.98. The third-order valence-electron chi connectivity index (χ3n) is 2.93. The lowest BCUT2D eigenvalue weighted by Crippen LogP contribution is -2.37. The number of rotatable bonds is 5. The van der Waals surface area contributed by atoms with Crippen molar-refractivity contribution in [3.63, 3.8) is 0 Å². The van der Waals surface area contributed by atoms with Gasteiger partial charge in [0.2, 0.25) is 0 Å². The van der Waals surface area contributed by atoms with Crippen LogP contribution in [0.4, 0.5) is 8.78 Å². The summed E-state index contributed by atoms with van der Waals surface area (Å²) in [6.45, 7) is 2.23. The van der Waals surface area contributed by atoms with Crippen LogP contribution in [0.15, 0.2) is 16.5 Å². The van der Waals surface area contributed by atoms with E-state index in [1.807, 2.05) is 6.07 Å². The molecule has 2 heterocycles. The molecule has 0 bridgehead atoms. The van der Waals surface area contributed by atoms with Crippen molar-refractivity contribution in [1.29, 1.82) is 0 Å². The summed E-state index contributed by atoms with van der Waals surface area (Å²) in [7, 11) is 0. The molecule has 0 aliphatic carbocycles. The second kappa shape index (κ2) is 6.54. The van der Waals surface area contributed by atoms with Gasteiger partial charge in [-0.25, -0.2) is 0 Å². The summed E-state index contributed by atoms with van der Waals surface area (Å²) in [5.41, 5.74) is 0. The Hall–Kier alpha value is -0.590. The third kappa shape index (κ3) is 4.26. The molecule has 0 amide bonds. The van der Waals surface area contributed by atoms with E-state index in [1.54, 1.807) is 6.07 Å². The number of thioether (sulfide) groups is 1. The lowest BCUT2D eigenvalue weighted by Gasteiger charge is -2.29. The van der Waals surface area contributed by atoms with Crippen molar-refractivity contribution in [2.75, 3.05) is 13.1 Å². The van der Waals surface area contributed by atoms with Crippen LogP contribution in [0.5, 0.6) is 0 Å².